The van der Waals surface area contributed by atoms with Crippen LogP contribution in [0.1, 0.15) is 13.8 Å². The van der Waals surface area contributed by atoms with Crippen LogP contribution in [0.5, 0.6) is 0 Å². The van der Waals surface area contributed by atoms with Crippen LogP contribution < -0.4 is 0 Å². The normalized spacial score (nSPS) is 25.5. The number of piperazine rings is 1. The van der Waals surface area contributed by atoms with Crippen molar-refractivity contribution in [2.24, 2.45) is 0 Å². The van der Waals surface area contributed by atoms with Gasteiger partial charge < -0.3 is 9.64 Å². The molecule has 2 fully saturated rings. The monoisotopic (exact) mass is 399 g/mol. The van der Waals surface area contributed by atoms with Crippen molar-refractivity contribution < 1.29 is 22.3 Å². The zero-order valence-corrected chi connectivity index (χ0v) is 16.5. The average molecular weight is 399 g/mol. The molecule has 0 bridgehead atoms. The van der Waals surface area contributed by atoms with Gasteiger partial charge in [-0.3, -0.25) is 9.69 Å². The highest BCUT2D eigenvalue weighted by Gasteiger charge is 2.31. The van der Waals surface area contributed by atoms with Crippen LogP contribution in [-0.2, 0) is 19.6 Å². The molecule has 0 radical (unpaired) electrons. The van der Waals surface area contributed by atoms with Crippen LogP contribution in [0.2, 0.25) is 0 Å². The van der Waals surface area contributed by atoms with Crippen LogP contribution >= 0.6 is 0 Å². The van der Waals surface area contributed by atoms with E-state index in [4.69, 9.17) is 4.74 Å². The van der Waals surface area contributed by atoms with Crippen molar-refractivity contribution in [2.75, 3.05) is 45.8 Å². The molecule has 2 aliphatic rings. The Morgan fingerprint density at radius 1 is 1.15 bits per heavy atom. The summed E-state index contributed by atoms with van der Waals surface area (Å²) in [6.45, 7) is 6.81. The van der Waals surface area contributed by atoms with Gasteiger partial charge in [0.15, 0.2) is 0 Å². The molecule has 0 aliphatic carbocycles. The van der Waals surface area contributed by atoms with Crippen molar-refractivity contribution in [3.05, 3.63) is 30.1 Å². The van der Waals surface area contributed by atoms with Crippen LogP contribution in [0.4, 0.5) is 4.39 Å². The number of benzene rings is 1. The lowest BCUT2D eigenvalue weighted by Gasteiger charge is -2.38. The second-order valence-corrected chi connectivity index (χ2v) is 9.13. The van der Waals surface area contributed by atoms with Crippen LogP contribution in [-0.4, -0.2) is 86.5 Å². The maximum absolute atomic E-state index is 13.4. The third kappa shape index (κ3) is 4.84. The zero-order valence-electron chi connectivity index (χ0n) is 15.7. The highest BCUT2D eigenvalue weighted by Crippen LogP contribution is 2.19. The number of nitrogens with zero attached hydrogens (tertiary/aromatic N) is 3. The first-order valence-electron chi connectivity index (χ1n) is 9.17. The molecular weight excluding hydrogens is 373 g/mol. The highest BCUT2D eigenvalue weighted by atomic mass is 32.2. The number of carbonyl (C=O) groups is 1. The molecule has 3 rings (SSSR count). The van der Waals surface area contributed by atoms with Gasteiger partial charge in [0.1, 0.15) is 5.82 Å². The largest absolute Gasteiger partial charge is 0.373 e. The molecule has 0 N–H and O–H groups in total. The minimum atomic E-state index is -3.75. The summed E-state index contributed by atoms with van der Waals surface area (Å²) < 4.78 is 45.6. The smallest absolute Gasteiger partial charge is 0.243 e. The third-order valence-electron chi connectivity index (χ3n) is 4.88. The van der Waals surface area contributed by atoms with Gasteiger partial charge in [-0.1, -0.05) is 6.07 Å². The van der Waals surface area contributed by atoms with Crippen molar-refractivity contribution in [1.82, 2.24) is 14.1 Å². The van der Waals surface area contributed by atoms with E-state index in [1.165, 1.54) is 22.5 Å². The molecule has 1 aromatic rings. The quantitative estimate of drug-likeness (QED) is 0.748. The van der Waals surface area contributed by atoms with Crippen LogP contribution in [0.15, 0.2) is 29.2 Å². The van der Waals surface area contributed by atoms with Gasteiger partial charge >= 0.3 is 0 Å². The number of ether oxygens (including phenoxy) is 1. The van der Waals surface area contributed by atoms with E-state index in [-0.39, 0.29) is 36.1 Å². The first-order valence-corrected chi connectivity index (χ1v) is 10.6. The molecule has 27 heavy (non-hydrogen) atoms. The van der Waals surface area contributed by atoms with Gasteiger partial charge in [-0.25, -0.2) is 12.8 Å². The number of rotatable bonds is 4. The highest BCUT2D eigenvalue weighted by molar-refractivity contribution is 7.89. The van der Waals surface area contributed by atoms with Crippen molar-refractivity contribution in [1.29, 1.82) is 0 Å². The molecule has 2 atom stereocenters. The molecule has 1 aromatic carbocycles. The maximum Gasteiger partial charge on any atom is 0.243 e. The Labute approximate surface area is 159 Å². The summed E-state index contributed by atoms with van der Waals surface area (Å²) in [5.41, 5.74) is 0. The Bertz CT molecular complexity index is 771. The summed E-state index contributed by atoms with van der Waals surface area (Å²) in [5, 5.41) is 0. The molecule has 0 saturated carbocycles. The van der Waals surface area contributed by atoms with Gasteiger partial charge in [-0.05, 0) is 32.0 Å². The van der Waals surface area contributed by atoms with Gasteiger partial charge in [0.25, 0.3) is 0 Å². The first-order chi connectivity index (χ1) is 12.8. The van der Waals surface area contributed by atoms with E-state index in [1.807, 2.05) is 13.8 Å². The molecule has 2 saturated heterocycles. The number of hydrogen-bond donors (Lipinski definition) is 0. The van der Waals surface area contributed by atoms with E-state index in [9.17, 15) is 17.6 Å². The predicted octanol–water partition coefficient (Wildman–Crippen LogP) is 0.768. The van der Waals surface area contributed by atoms with E-state index >= 15 is 0 Å². The minimum Gasteiger partial charge on any atom is -0.373 e. The summed E-state index contributed by atoms with van der Waals surface area (Å²) in [6.07, 6.45) is 0.185. The Balaban J connectivity index is 1.56. The molecule has 2 aliphatic heterocycles. The van der Waals surface area contributed by atoms with E-state index in [0.29, 0.717) is 32.7 Å². The fourth-order valence-electron chi connectivity index (χ4n) is 3.66. The Morgan fingerprint density at radius 2 is 1.78 bits per heavy atom. The van der Waals surface area contributed by atoms with Gasteiger partial charge in [0.05, 0.1) is 23.6 Å². The lowest BCUT2D eigenvalue weighted by Crippen LogP contribution is -2.54. The Morgan fingerprint density at radius 3 is 2.37 bits per heavy atom. The van der Waals surface area contributed by atoms with E-state index in [2.05, 4.69) is 4.90 Å². The van der Waals surface area contributed by atoms with E-state index < -0.39 is 15.8 Å². The molecule has 9 heteroatoms. The van der Waals surface area contributed by atoms with Gasteiger partial charge in [-0.15, -0.1) is 0 Å². The number of sulfonamides is 1. The molecule has 0 unspecified atom stereocenters. The molecular formula is C18H26FN3O4S. The predicted molar refractivity (Wildman–Crippen MR) is 98.2 cm³/mol. The summed E-state index contributed by atoms with van der Waals surface area (Å²) in [6, 6.07) is 5.00. The van der Waals surface area contributed by atoms with E-state index in [1.54, 1.807) is 4.90 Å². The maximum atomic E-state index is 13.4. The second kappa shape index (κ2) is 8.22. The second-order valence-electron chi connectivity index (χ2n) is 7.19. The minimum absolute atomic E-state index is 0.000830. The molecule has 2 heterocycles. The summed E-state index contributed by atoms with van der Waals surface area (Å²) in [5.74, 6) is -0.585. The first kappa shape index (κ1) is 20.2. The molecule has 0 spiro atoms. The summed E-state index contributed by atoms with van der Waals surface area (Å²) in [4.78, 5) is 16.3. The number of halogens is 1. The molecule has 0 aromatic heterocycles. The fraction of sp³-hybridized carbons (Fsp3) is 0.611. The van der Waals surface area contributed by atoms with E-state index in [0.717, 1.165) is 6.07 Å². The fourth-order valence-corrected chi connectivity index (χ4v) is 5.11. The summed E-state index contributed by atoms with van der Waals surface area (Å²) >= 11 is 0. The number of carbonyl (C=O) groups excluding carboxylic acids is 1. The van der Waals surface area contributed by atoms with Crippen LogP contribution in [0, 0.1) is 5.82 Å². The lowest BCUT2D eigenvalue weighted by molar-refractivity contribution is -0.137. The van der Waals surface area contributed by atoms with Crippen LogP contribution in [0.25, 0.3) is 0 Å². The zero-order chi connectivity index (χ0) is 19.6. The number of hydrogen-bond acceptors (Lipinski definition) is 5. The lowest BCUT2D eigenvalue weighted by atomic mass is 10.2. The van der Waals surface area contributed by atoms with Crippen molar-refractivity contribution in [2.45, 2.75) is 31.0 Å². The van der Waals surface area contributed by atoms with Crippen LogP contribution in [0.3, 0.4) is 0 Å². The number of morpholine rings is 1. The van der Waals surface area contributed by atoms with Crippen molar-refractivity contribution in [3.63, 3.8) is 0 Å². The Hall–Kier alpha value is -1.55. The standard InChI is InChI=1S/C18H26FN3O4S/c1-14-11-20(12-15(2)26-14)13-18(23)21-6-8-22(9-7-21)27(24,25)17-5-3-4-16(19)10-17/h3-5,10,14-15H,6-9,11-13H2,1-2H3/t14-,15-/m0/s1. The topological polar surface area (TPSA) is 70.2 Å². The Kier molecular flexibility index (Phi) is 6.15. The SMILES string of the molecule is C[C@H]1CN(CC(=O)N2CCN(S(=O)(=O)c3cccc(F)c3)CC2)C[C@H](C)O1. The molecule has 7 nitrogen and oxygen atoms in total. The third-order valence-corrected chi connectivity index (χ3v) is 6.77. The summed E-state index contributed by atoms with van der Waals surface area (Å²) in [7, 11) is -3.75. The van der Waals surface area contributed by atoms with Gasteiger partial charge in [-0.2, -0.15) is 4.31 Å². The van der Waals surface area contributed by atoms with Crippen molar-refractivity contribution >= 4 is 15.9 Å². The molecule has 1 amide bonds. The van der Waals surface area contributed by atoms with Gasteiger partial charge in [0.2, 0.25) is 15.9 Å². The number of amides is 1. The average Bonchev–Trinajstić information content (AvgIpc) is 2.61. The molecule has 150 valence electrons. The van der Waals surface area contributed by atoms with Crippen molar-refractivity contribution in [3.8, 4) is 0 Å². The van der Waals surface area contributed by atoms with Gasteiger partial charge in [0, 0.05) is 39.3 Å².